The van der Waals surface area contributed by atoms with E-state index in [9.17, 15) is 29.4 Å². The van der Waals surface area contributed by atoms with Gasteiger partial charge >= 0.3 is 5.97 Å². The van der Waals surface area contributed by atoms with E-state index < -0.39 is 54.0 Å². The lowest BCUT2D eigenvalue weighted by Crippen LogP contribution is -2.60. The third kappa shape index (κ3) is 10.6. The standard InChI is InChI=1S/C27H43N9O6/c1-15(37)22(25(40)34-20(26(41)42)10-6-12-32-27(30)31)36-24(39)21(35-23(38)18(29)8-4-5-11-28)13-16-14-33-19-9-3-2-7-17(16)19/h2-3,7,9,14-15,18,20-22,33,37H,4-6,8,10-13,28-29H2,1H3,(H,34,40)(H,35,38)(H,36,39)(H,41,42)(H4,30,31,32). The average Bonchev–Trinajstić information content (AvgIpc) is 3.34. The Morgan fingerprint density at radius 3 is 2.29 bits per heavy atom. The highest BCUT2D eigenvalue weighted by atomic mass is 16.4. The Morgan fingerprint density at radius 1 is 0.952 bits per heavy atom. The number of aliphatic carboxylic acids is 1. The number of aromatic nitrogens is 1. The van der Waals surface area contributed by atoms with Gasteiger partial charge in [-0.25, -0.2) is 4.79 Å². The van der Waals surface area contributed by atoms with Gasteiger partial charge in [-0.05, 0) is 50.8 Å². The number of hydrogen-bond donors (Lipinski definition) is 10. The molecule has 0 aliphatic carbocycles. The number of carboxylic acids is 1. The summed E-state index contributed by atoms with van der Waals surface area (Å²) in [5, 5.41) is 28.2. The highest BCUT2D eigenvalue weighted by Gasteiger charge is 2.33. The molecule has 5 unspecified atom stereocenters. The predicted octanol–water partition coefficient (Wildman–Crippen LogP) is -1.86. The normalized spacial score (nSPS) is 14.7. The van der Waals surface area contributed by atoms with E-state index in [1.165, 1.54) is 6.92 Å². The van der Waals surface area contributed by atoms with Crippen LogP contribution >= 0.6 is 0 Å². The van der Waals surface area contributed by atoms with Crippen LogP contribution in [0.3, 0.4) is 0 Å². The van der Waals surface area contributed by atoms with Crippen LogP contribution in [0, 0.1) is 0 Å². The molecule has 0 spiro atoms. The number of nitrogens with one attached hydrogen (secondary N) is 4. The number of carbonyl (C=O) groups excluding carboxylic acids is 3. The summed E-state index contributed by atoms with van der Waals surface area (Å²) in [4.78, 5) is 58.1. The topological polar surface area (TPSA) is 277 Å². The van der Waals surface area contributed by atoms with Crippen LogP contribution in [0.5, 0.6) is 0 Å². The number of rotatable bonds is 18. The van der Waals surface area contributed by atoms with Crippen LogP contribution in [-0.4, -0.2) is 88.2 Å². The maximum absolute atomic E-state index is 13.5. The van der Waals surface area contributed by atoms with Crippen molar-refractivity contribution in [3.63, 3.8) is 0 Å². The molecule has 232 valence electrons. The maximum Gasteiger partial charge on any atom is 0.326 e. The quantitative estimate of drug-likeness (QED) is 0.0526. The fourth-order valence-corrected chi connectivity index (χ4v) is 4.33. The third-order valence-corrected chi connectivity index (χ3v) is 6.66. The van der Waals surface area contributed by atoms with Gasteiger partial charge in [0.25, 0.3) is 0 Å². The van der Waals surface area contributed by atoms with E-state index in [4.69, 9.17) is 22.9 Å². The average molecular weight is 590 g/mol. The second-order valence-corrected chi connectivity index (χ2v) is 10.1. The van der Waals surface area contributed by atoms with E-state index in [1.807, 2.05) is 24.3 Å². The largest absolute Gasteiger partial charge is 0.480 e. The molecule has 2 aromatic rings. The van der Waals surface area contributed by atoms with Crippen LogP contribution in [0.1, 0.15) is 44.6 Å². The summed E-state index contributed by atoms with van der Waals surface area (Å²) in [6.45, 7) is 1.89. The zero-order valence-corrected chi connectivity index (χ0v) is 23.7. The van der Waals surface area contributed by atoms with E-state index in [0.29, 0.717) is 25.8 Å². The first-order valence-electron chi connectivity index (χ1n) is 13.8. The van der Waals surface area contributed by atoms with Crippen LogP contribution in [0.2, 0.25) is 0 Å². The SMILES string of the molecule is CC(O)C(NC(=O)C(Cc1c[nH]c2ccccc12)NC(=O)C(N)CCCCN)C(=O)NC(CCCN=C(N)N)C(=O)O. The molecule has 42 heavy (non-hydrogen) atoms. The monoisotopic (exact) mass is 589 g/mol. The number of nitrogens with two attached hydrogens (primary N) is 4. The number of carbonyl (C=O) groups is 4. The minimum atomic E-state index is -1.52. The molecule has 1 aromatic heterocycles. The van der Waals surface area contributed by atoms with E-state index >= 15 is 0 Å². The molecule has 0 saturated carbocycles. The number of benzene rings is 1. The molecule has 0 saturated heterocycles. The maximum atomic E-state index is 13.5. The lowest BCUT2D eigenvalue weighted by atomic mass is 10.0. The summed E-state index contributed by atoms with van der Waals surface area (Å²) < 4.78 is 0. The van der Waals surface area contributed by atoms with Gasteiger partial charge in [-0.2, -0.15) is 0 Å². The number of aromatic amines is 1. The third-order valence-electron chi connectivity index (χ3n) is 6.66. The number of hydrogen-bond acceptors (Lipinski definition) is 8. The Kier molecular flexibility index (Phi) is 13.7. The molecule has 2 rings (SSSR count). The van der Waals surface area contributed by atoms with Crippen LogP contribution in [0.4, 0.5) is 0 Å². The van der Waals surface area contributed by atoms with Crippen molar-refractivity contribution in [3.05, 3.63) is 36.0 Å². The Morgan fingerprint density at radius 2 is 1.64 bits per heavy atom. The van der Waals surface area contributed by atoms with Crippen molar-refractivity contribution < 1.29 is 29.4 Å². The zero-order chi connectivity index (χ0) is 31.2. The number of aliphatic imine (C=N–C) groups is 1. The Hall–Kier alpha value is -4.21. The van der Waals surface area contributed by atoms with E-state index in [-0.39, 0.29) is 31.8 Å². The summed E-state index contributed by atoms with van der Waals surface area (Å²) in [5.41, 5.74) is 23.7. The minimum Gasteiger partial charge on any atom is -0.480 e. The number of aliphatic hydroxyl groups is 1. The molecular weight excluding hydrogens is 546 g/mol. The van der Waals surface area contributed by atoms with Gasteiger partial charge in [0.05, 0.1) is 12.1 Å². The van der Waals surface area contributed by atoms with Crippen LogP contribution in [-0.2, 0) is 25.6 Å². The number of aliphatic hydroxyl groups excluding tert-OH is 1. The van der Waals surface area contributed by atoms with Crippen molar-refractivity contribution in [1.82, 2.24) is 20.9 Å². The zero-order valence-electron chi connectivity index (χ0n) is 23.7. The van der Waals surface area contributed by atoms with Gasteiger partial charge in [0.1, 0.15) is 18.1 Å². The fraction of sp³-hybridized carbons (Fsp3) is 0.519. The number of unbranched alkanes of at least 4 members (excludes halogenated alkanes) is 1. The van der Waals surface area contributed by atoms with Gasteiger partial charge in [-0.3, -0.25) is 19.4 Å². The first-order chi connectivity index (χ1) is 19.9. The van der Waals surface area contributed by atoms with Crippen molar-refractivity contribution in [2.75, 3.05) is 13.1 Å². The van der Waals surface area contributed by atoms with Crippen molar-refractivity contribution in [2.45, 2.75) is 75.7 Å². The van der Waals surface area contributed by atoms with Crippen LogP contribution < -0.4 is 38.9 Å². The second kappa shape index (κ2) is 16.9. The number of amides is 3. The van der Waals surface area contributed by atoms with Crippen LogP contribution in [0.25, 0.3) is 10.9 Å². The van der Waals surface area contributed by atoms with Crippen molar-refractivity contribution >= 4 is 40.6 Å². The number of carboxylic acid groups (broad SMARTS) is 1. The molecule has 5 atom stereocenters. The first kappa shape index (κ1) is 34.0. The molecule has 0 radical (unpaired) electrons. The Balaban J connectivity index is 2.21. The Bertz CT molecular complexity index is 1230. The summed E-state index contributed by atoms with van der Waals surface area (Å²) in [6.07, 6.45) is 2.31. The molecule has 15 heteroatoms. The molecule has 3 amide bonds. The molecule has 0 bridgehead atoms. The summed E-state index contributed by atoms with van der Waals surface area (Å²) >= 11 is 0. The molecule has 14 N–H and O–H groups in total. The number of fused-ring (bicyclic) bond motifs is 1. The van der Waals surface area contributed by atoms with Crippen molar-refractivity contribution in [1.29, 1.82) is 0 Å². The van der Waals surface area contributed by atoms with Gasteiger partial charge in [-0.15, -0.1) is 0 Å². The molecular formula is C27H43N9O6. The molecule has 0 fully saturated rings. The second-order valence-electron chi connectivity index (χ2n) is 10.1. The number of nitrogens with zero attached hydrogens (tertiary/aromatic N) is 1. The van der Waals surface area contributed by atoms with Crippen molar-refractivity contribution in [2.24, 2.45) is 27.9 Å². The lowest BCUT2D eigenvalue weighted by Gasteiger charge is -2.26. The fourth-order valence-electron chi connectivity index (χ4n) is 4.33. The summed E-state index contributed by atoms with van der Waals surface area (Å²) in [7, 11) is 0. The number of H-pyrrole nitrogens is 1. The Labute approximate surface area is 243 Å². The number of guanidine groups is 1. The van der Waals surface area contributed by atoms with Gasteiger partial charge in [0, 0.05) is 30.1 Å². The minimum absolute atomic E-state index is 0.000377. The van der Waals surface area contributed by atoms with Crippen LogP contribution in [0.15, 0.2) is 35.5 Å². The predicted molar refractivity (Wildman–Crippen MR) is 158 cm³/mol. The molecule has 1 aromatic carbocycles. The molecule has 1 heterocycles. The summed E-state index contributed by atoms with van der Waals surface area (Å²) in [6, 6.07) is 2.53. The van der Waals surface area contributed by atoms with Gasteiger partial charge < -0.3 is 54.1 Å². The van der Waals surface area contributed by atoms with E-state index in [0.717, 1.165) is 16.5 Å². The van der Waals surface area contributed by atoms with E-state index in [1.54, 1.807) is 6.20 Å². The van der Waals surface area contributed by atoms with Crippen molar-refractivity contribution in [3.8, 4) is 0 Å². The smallest absolute Gasteiger partial charge is 0.326 e. The number of para-hydroxylation sites is 1. The van der Waals surface area contributed by atoms with E-state index in [2.05, 4.69) is 25.9 Å². The van der Waals surface area contributed by atoms with Gasteiger partial charge in [0.2, 0.25) is 17.7 Å². The first-order valence-corrected chi connectivity index (χ1v) is 13.8. The highest BCUT2D eigenvalue weighted by Crippen LogP contribution is 2.19. The highest BCUT2D eigenvalue weighted by molar-refractivity contribution is 5.95. The lowest BCUT2D eigenvalue weighted by molar-refractivity contribution is -0.143. The van der Waals surface area contributed by atoms with Gasteiger partial charge in [-0.1, -0.05) is 24.6 Å². The molecule has 15 nitrogen and oxygen atoms in total. The summed E-state index contributed by atoms with van der Waals surface area (Å²) in [5.74, 6) is -3.69. The molecule has 0 aliphatic rings. The van der Waals surface area contributed by atoms with Gasteiger partial charge in [0.15, 0.2) is 5.96 Å². The molecule has 0 aliphatic heterocycles.